The molecule has 0 saturated carbocycles. The predicted octanol–water partition coefficient (Wildman–Crippen LogP) is 4.77. The standard InChI is InChI=1S/C19H28N4/c1-6-10-23(11-7-2)19-20-16(5)13-18(22-19)21-17-9-8-14(3)12-15(17)4/h8-9,12-13H,6-7,10-11H2,1-5H3,(H,20,21,22). The summed E-state index contributed by atoms with van der Waals surface area (Å²) in [7, 11) is 0. The lowest BCUT2D eigenvalue weighted by molar-refractivity contribution is 0.720. The fourth-order valence-corrected chi connectivity index (χ4v) is 2.70. The zero-order chi connectivity index (χ0) is 16.8. The van der Waals surface area contributed by atoms with E-state index in [2.05, 4.69) is 61.1 Å². The number of nitrogens with one attached hydrogen (secondary N) is 1. The van der Waals surface area contributed by atoms with Crippen LogP contribution in [0.5, 0.6) is 0 Å². The maximum atomic E-state index is 4.73. The molecule has 0 radical (unpaired) electrons. The SMILES string of the molecule is CCCN(CCC)c1nc(C)cc(Nc2ccc(C)cc2C)n1. The number of aromatic nitrogens is 2. The van der Waals surface area contributed by atoms with E-state index in [4.69, 9.17) is 4.98 Å². The Morgan fingerprint density at radius 1 is 0.957 bits per heavy atom. The average Bonchev–Trinajstić information content (AvgIpc) is 2.49. The van der Waals surface area contributed by atoms with Gasteiger partial charge in [-0.3, -0.25) is 0 Å². The lowest BCUT2D eigenvalue weighted by Crippen LogP contribution is -2.27. The molecule has 0 bridgehead atoms. The second-order valence-corrected chi connectivity index (χ2v) is 6.12. The Morgan fingerprint density at radius 2 is 1.65 bits per heavy atom. The summed E-state index contributed by atoms with van der Waals surface area (Å²) >= 11 is 0. The van der Waals surface area contributed by atoms with E-state index >= 15 is 0 Å². The summed E-state index contributed by atoms with van der Waals surface area (Å²) in [6, 6.07) is 8.40. The molecule has 2 rings (SSSR count). The first-order chi connectivity index (χ1) is 11.0. The number of hydrogen-bond donors (Lipinski definition) is 1. The van der Waals surface area contributed by atoms with E-state index in [1.165, 1.54) is 11.1 Å². The van der Waals surface area contributed by atoms with Gasteiger partial charge < -0.3 is 10.2 Å². The highest BCUT2D eigenvalue weighted by Crippen LogP contribution is 2.22. The molecule has 1 aromatic heterocycles. The molecule has 0 aliphatic heterocycles. The summed E-state index contributed by atoms with van der Waals surface area (Å²) in [4.78, 5) is 11.6. The molecule has 0 fully saturated rings. The molecular formula is C19H28N4. The molecule has 4 nitrogen and oxygen atoms in total. The summed E-state index contributed by atoms with van der Waals surface area (Å²) in [6.45, 7) is 12.6. The molecule has 0 aliphatic carbocycles. The Balaban J connectivity index is 2.28. The van der Waals surface area contributed by atoms with Gasteiger partial charge >= 0.3 is 0 Å². The molecule has 124 valence electrons. The topological polar surface area (TPSA) is 41.1 Å². The Morgan fingerprint density at radius 3 is 2.26 bits per heavy atom. The molecule has 23 heavy (non-hydrogen) atoms. The van der Waals surface area contributed by atoms with E-state index in [9.17, 15) is 0 Å². The van der Waals surface area contributed by atoms with Gasteiger partial charge in [-0.1, -0.05) is 31.5 Å². The number of anilines is 3. The smallest absolute Gasteiger partial charge is 0.227 e. The van der Waals surface area contributed by atoms with Crippen LogP contribution in [0.1, 0.15) is 43.5 Å². The summed E-state index contributed by atoms with van der Waals surface area (Å²) in [6.07, 6.45) is 2.19. The minimum atomic E-state index is 0.820. The zero-order valence-corrected chi connectivity index (χ0v) is 15.0. The molecule has 0 saturated heterocycles. The van der Waals surface area contributed by atoms with Crippen LogP contribution in [-0.4, -0.2) is 23.1 Å². The van der Waals surface area contributed by atoms with Crippen molar-refractivity contribution >= 4 is 17.5 Å². The van der Waals surface area contributed by atoms with E-state index in [1.54, 1.807) is 0 Å². The van der Waals surface area contributed by atoms with E-state index in [1.807, 2.05) is 13.0 Å². The Labute approximate surface area is 140 Å². The van der Waals surface area contributed by atoms with E-state index in [0.29, 0.717) is 0 Å². The van der Waals surface area contributed by atoms with Crippen molar-refractivity contribution in [1.82, 2.24) is 9.97 Å². The highest BCUT2D eigenvalue weighted by molar-refractivity contribution is 5.62. The van der Waals surface area contributed by atoms with Crippen molar-refractivity contribution in [3.63, 3.8) is 0 Å². The van der Waals surface area contributed by atoms with Crippen molar-refractivity contribution in [2.45, 2.75) is 47.5 Å². The number of benzene rings is 1. The van der Waals surface area contributed by atoms with E-state index < -0.39 is 0 Å². The third-order valence-electron chi connectivity index (χ3n) is 3.76. The van der Waals surface area contributed by atoms with Gasteiger partial charge in [0.2, 0.25) is 5.95 Å². The largest absolute Gasteiger partial charge is 0.341 e. The molecule has 1 N–H and O–H groups in total. The predicted molar refractivity (Wildman–Crippen MR) is 98.8 cm³/mol. The van der Waals surface area contributed by atoms with Crippen LogP contribution in [0.3, 0.4) is 0 Å². The zero-order valence-electron chi connectivity index (χ0n) is 15.0. The van der Waals surface area contributed by atoms with Crippen molar-refractivity contribution in [3.05, 3.63) is 41.1 Å². The molecule has 4 heteroatoms. The minimum absolute atomic E-state index is 0.820. The van der Waals surface area contributed by atoms with Gasteiger partial charge in [-0.15, -0.1) is 0 Å². The lowest BCUT2D eigenvalue weighted by Gasteiger charge is -2.22. The number of hydrogen-bond acceptors (Lipinski definition) is 4. The number of rotatable bonds is 7. The van der Waals surface area contributed by atoms with Gasteiger partial charge in [0.1, 0.15) is 5.82 Å². The molecule has 1 aromatic carbocycles. The second-order valence-electron chi connectivity index (χ2n) is 6.12. The van der Waals surface area contributed by atoms with Crippen molar-refractivity contribution < 1.29 is 0 Å². The monoisotopic (exact) mass is 312 g/mol. The highest BCUT2D eigenvalue weighted by atomic mass is 15.3. The average molecular weight is 312 g/mol. The first-order valence-electron chi connectivity index (χ1n) is 8.48. The van der Waals surface area contributed by atoms with Gasteiger partial charge in [-0.2, -0.15) is 4.98 Å². The molecule has 0 amide bonds. The molecular weight excluding hydrogens is 284 g/mol. The minimum Gasteiger partial charge on any atom is -0.341 e. The maximum Gasteiger partial charge on any atom is 0.227 e. The summed E-state index contributed by atoms with van der Waals surface area (Å²) < 4.78 is 0. The van der Waals surface area contributed by atoms with E-state index in [0.717, 1.165) is 49.1 Å². The molecule has 0 spiro atoms. The third-order valence-corrected chi connectivity index (χ3v) is 3.76. The fourth-order valence-electron chi connectivity index (χ4n) is 2.70. The summed E-state index contributed by atoms with van der Waals surface area (Å²) in [5.41, 5.74) is 4.57. The van der Waals surface area contributed by atoms with Gasteiger partial charge in [-0.05, 0) is 45.2 Å². The normalized spacial score (nSPS) is 10.7. The van der Waals surface area contributed by atoms with Gasteiger partial charge in [-0.25, -0.2) is 4.98 Å². The Hall–Kier alpha value is -2.10. The second kappa shape index (κ2) is 7.95. The van der Waals surface area contributed by atoms with Crippen LogP contribution in [0.4, 0.5) is 17.5 Å². The van der Waals surface area contributed by atoms with Crippen LogP contribution in [-0.2, 0) is 0 Å². The van der Waals surface area contributed by atoms with Crippen molar-refractivity contribution in [2.75, 3.05) is 23.3 Å². The summed E-state index contributed by atoms with van der Waals surface area (Å²) in [5.74, 6) is 1.68. The van der Waals surface area contributed by atoms with Crippen LogP contribution in [0.25, 0.3) is 0 Å². The van der Waals surface area contributed by atoms with Crippen LogP contribution < -0.4 is 10.2 Å². The fraction of sp³-hybridized carbons (Fsp3) is 0.474. The van der Waals surface area contributed by atoms with Crippen LogP contribution in [0.2, 0.25) is 0 Å². The van der Waals surface area contributed by atoms with Crippen molar-refractivity contribution in [2.24, 2.45) is 0 Å². The number of aryl methyl sites for hydroxylation is 3. The molecule has 0 atom stereocenters. The van der Waals surface area contributed by atoms with Crippen LogP contribution in [0.15, 0.2) is 24.3 Å². The first kappa shape index (κ1) is 17.3. The van der Waals surface area contributed by atoms with Crippen molar-refractivity contribution in [3.8, 4) is 0 Å². The first-order valence-corrected chi connectivity index (χ1v) is 8.48. The lowest BCUT2D eigenvalue weighted by atomic mass is 10.1. The van der Waals surface area contributed by atoms with E-state index in [-0.39, 0.29) is 0 Å². The molecule has 1 heterocycles. The van der Waals surface area contributed by atoms with Gasteiger partial charge in [0.25, 0.3) is 0 Å². The molecule has 2 aromatic rings. The van der Waals surface area contributed by atoms with Crippen LogP contribution in [0, 0.1) is 20.8 Å². The maximum absolute atomic E-state index is 4.73. The van der Waals surface area contributed by atoms with Crippen molar-refractivity contribution in [1.29, 1.82) is 0 Å². The Kier molecular flexibility index (Phi) is 5.97. The Bertz CT molecular complexity index is 646. The molecule has 0 aliphatic rings. The third kappa shape index (κ3) is 4.68. The molecule has 0 unspecified atom stereocenters. The van der Waals surface area contributed by atoms with Crippen LogP contribution >= 0.6 is 0 Å². The highest BCUT2D eigenvalue weighted by Gasteiger charge is 2.10. The number of nitrogens with zero attached hydrogens (tertiary/aromatic N) is 3. The van der Waals surface area contributed by atoms with Gasteiger partial charge in [0, 0.05) is 30.5 Å². The van der Waals surface area contributed by atoms with Gasteiger partial charge in [0.15, 0.2) is 0 Å². The summed E-state index contributed by atoms with van der Waals surface area (Å²) in [5, 5.41) is 3.44. The van der Waals surface area contributed by atoms with Gasteiger partial charge in [0.05, 0.1) is 0 Å². The quantitative estimate of drug-likeness (QED) is 0.799.